The molecular formula is C9H12N2S. The predicted octanol–water partition coefficient (Wildman–Crippen LogP) is 2.33. The molecule has 0 fully saturated rings. The van der Waals surface area contributed by atoms with E-state index in [0.29, 0.717) is 0 Å². The van der Waals surface area contributed by atoms with E-state index in [1.807, 2.05) is 0 Å². The molecule has 0 spiro atoms. The zero-order valence-electron chi connectivity index (χ0n) is 7.29. The molecule has 1 unspecified atom stereocenters. The number of rotatable bonds is 1. The number of thiophene rings is 1. The lowest BCUT2D eigenvalue weighted by Crippen LogP contribution is -2.30. The summed E-state index contributed by atoms with van der Waals surface area (Å²) in [5.41, 5.74) is 4.42. The van der Waals surface area contributed by atoms with Crippen LogP contribution in [0.3, 0.4) is 0 Å². The van der Waals surface area contributed by atoms with Crippen LogP contribution in [0.5, 0.6) is 0 Å². The molecule has 0 aliphatic carbocycles. The molecule has 0 aromatic carbocycles. The number of nitrogens with zero attached hydrogens (tertiary/aromatic N) is 1. The maximum absolute atomic E-state index is 4.22. The van der Waals surface area contributed by atoms with Gasteiger partial charge in [-0.05, 0) is 25.3 Å². The summed E-state index contributed by atoms with van der Waals surface area (Å²) in [4.78, 5) is 1.36. The summed E-state index contributed by atoms with van der Waals surface area (Å²) < 4.78 is 0. The minimum atomic E-state index is 0.0538. The van der Waals surface area contributed by atoms with Crippen molar-refractivity contribution in [1.82, 2.24) is 5.43 Å². The lowest BCUT2D eigenvalue weighted by Gasteiger charge is -2.21. The van der Waals surface area contributed by atoms with Gasteiger partial charge in [-0.3, -0.25) is 5.43 Å². The lowest BCUT2D eigenvalue weighted by atomic mass is 9.96. The van der Waals surface area contributed by atoms with E-state index in [1.54, 1.807) is 11.3 Å². The number of hydrogen-bond donors (Lipinski definition) is 1. The molecule has 1 aliphatic rings. The second-order valence-electron chi connectivity index (χ2n) is 3.45. The molecule has 2 heterocycles. The Kier molecular flexibility index (Phi) is 1.68. The van der Waals surface area contributed by atoms with Crippen molar-refractivity contribution in [1.29, 1.82) is 0 Å². The van der Waals surface area contributed by atoms with E-state index in [1.165, 1.54) is 10.6 Å². The van der Waals surface area contributed by atoms with Crippen LogP contribution in [0, 0.1) is 0 Å². The van der Waals surface area contributed by atoms with Crippen molar-refractivity contribution in [3.05, 3.63) is 22.4 Å². The molecule has 3 heteroatoms. The van der Waals surface area contributed by atoms with Crippen molar-refractivity contribution in [3.63, 3.8) is 0 Å². The van der Waals surface area contributed by atoms with Crippen LogP contribution >= 0.6 is 11.3 Å². The van der Waals surface area contributed by atoms with E-state index in [9.17, 15) is 0 Å². The second kappa shape index (κ2) is 2.59. The molecule has 1 N–H and O–H groups in total. The fourth-order valence-electron chi connectivity index (χ4n) is 1.54. The van der Waals surface area contributed by atoms with Gasteiger partial charge in [-0.15, -0.1) is 11.3 Å². The highest BCUT2D eigenvalue weighted by Gasteiger charge is 2.31. The number of hydrazone groups is 1. The van der Waals surface area contributed by atoms with Crippen molar-refractivity contribution >= 4 is 17.0 Å². The van der Waals surface area contributed by atoms with Crippen molar-refractivity contribution in [3.8, 4) is 0 Å². The van der Waals surface area contributed by atoms with E-state index < -0.39 is 0 Å². The summed E-state index contributed by atoms with van der Waals surface area (Å²) in [6.07, 6.45) is 1.02. The topological polar surface area (TPSA) is 24.4 Å². The third-order valence-corrected chi connectivity index (χ3v) is 3.30. The molecule has 1 aromatic rings. The first-order chi connectivity index (χ1) is 5.71. The van der Waals surface area contributed by atoms with E-state index >= 15 is 0 Å². The van der Waals surface area contributed by atoms with Gasteiger partial charge in [0.25, 0.3) is 0 Å². The minimum Gasteiger partial charge on any atom is -0.299 e. The van der Waals surface area contributed by atoms with E-state index in [2.05, 4.69) is 41.9 Å². The van der Waals surface area contributed by atoms with Gasteiger partial charge in [-0.1, -0.05) is 6.07 Å². The van der Waals surface area contributed by atoms with Crippen LogP contribution < -0.4 is 5.43 Å². The monoisotopic (exact) mass is 180 g/mol. The van der Waals surface area contributed by atoms with Crippen LogP contribution in [0.4, 0.5) is 0 Å². The molecule has 0 amide bonds. The van der Waals surface area contributed by atoms with E-state index in [4.69, 9.17) is 0 Å². The van der Waals surface area contributed by atoms with Gasteiger partial charge in [0.2, 0.25) is 0 Å². The summed E-state index contributed by atoms with van der Waals surface area (Å²) >= 11 is 1.79. The van der Waals surface area contributed by atoms with Crippen LogP contribution in [0.25, 0.3) is 0 Å². The van der Waals surface area contributed by atoms with E-state index in [-0.39, 0.29) is 5.54 Å². The Morgan fingerprint density at radius 2 is 2.50 bits per heavy atom. The molecule has 2 rings (SSSR count). The lowest BCUT2D eigenvalue weighted by molar-refractivity contribution is 0.430. The summed E-state index contributed by atoms with van der Waals surface area (Å²) in [7, 11) is 0. The zero-order chi connectivity index (χ0) is 8.60. The van der Waals surface area contributed by atoms with Crippen LogP contribution in [-0.4, -0.2) is 5.71 Å². The summed E-state index contributed by atoms with van der Waals surface area (Å²) in [5.74, 6) is 0. The normalized spacial score (nSPS) is 28.3. The maximum atomic E-state index is 4.22. The molecule has 1 aromatic heterocycles. The molecule has 1 aliphatic heterocycles. The first kappa shape index (κ1) is 7.80. The quantitative estimate of drug-likeness (QED) is 0.704. The smallest absolute Gasteiger partial charge is 0.0913 e. The third-order valence-electron chi connectivity index (χ3n) is 2.17. The Labute approximate surface area is 76.3 Å². The average Bonchev–Trinajstić information content (AvgIpc) is 2.59. The highest BCUT2D eigenvalue weighted by Crippen LogP contribution is 2.31. The van der Waals surface area contributed by atoms with Gasteiger partial charge in [0.15, 0.2) is 0 Å². The van der Waals surface area contributed by atoms with Gasteiger partial charge in [0, 0.05) is 17.0 Å². The number of hydrogen-bond acceptors (Lipinski definition) is 3. The van der Waals surface area contributed by atoms with Crippen molar-refractivity contribution < 1.29 is 0 Å². The van der Waals surface area contributed by atoms with Gasteiger partial charge in [-0.25, -0.2) is 0 Å². The molecule has 0 saturated carbocycles. The Balaban J connectivity index is 2.26. The minimum absolute atomic E-state index is 0.0538. The summed E-state index contributed by atoms with van der Waals surface area (Å²) in [6.45, 7) is 4.25. The first-order valence-electron chi connectivity index (χ1n) is 4.05. The summed E-state index contributed by atoms with van der Waals surface area (Å²) in [6, 6.07) is 4.24. The fraction of sp³-hybridized carbons (Fsp3) is 0.444. The maximum Gasteiger partial charge on any atom is 0.0913 e. The van der Waals surface area contributed by atoms with Gasteiger partial charge < -0.3 is 0 Å². The van der Waals surface area contributed by atoms with Crippen LogP contribution in [-0.2, 0) is 5.54 Å². The molecule has 0 bridgehead atoms. The Morgan fingerprint density at radius 1 is 1.67 bits per heavy atom. The largest absolute Gasteiger partial charge is 0.299 e. The number of nitrogens with one attached hydrogen (secondary N) is 1. The molecule has 2 nitrogen and oxygen atoms in total. The van der Waals surface area contributed by atoms with Gasteiger partial charge >= 0.3 is 0 Å². The van der Waals surface area contributed by atoms with Gasteiger partial charge in [-0.2, -0.15) is 5.10 Å². The molecular weight excluding hydrogens is 168 g/mol. The van der Waals surface area contributed by atoms with Gasteiger partial charge in [0.05, 0.1) is 5.54 Å². The fourth-order valence-corrected chi connectivity index (χ4v) is 2.38. The highest BCUT2D eigenvalue weighted by molar-refractivity contribution is 7.10. The first-order valence-corrected chi connectivity index (χ1v) is 4.93. The van der Waals surface area contributed by atoms with Crippen molar-refractivity contribution in [2.75, 3.05) is 0 Å². The third kappa shape index (κ3) is 1.14. The average molecular weight is 180 g/mol. The van der Waals surface area contributed by atoms with Crippen LogP contribution in [0.2, 0.25) is 0 Å². The Morgan fingerprint density at radius 3 is 3.00 bits per heavy atom. The van der Waals surface area contributed by atoms with Crippen molar-refractivity contribution in [2.24, 2.45) is 5.10 Å². The second-order valence-corrected chi connectivity index (χ2v) is 4.39. The van der Waals surface area contributed by atoms with Crippen LogP contribution in [0.1, 0.15) is 25.1 Å². The zero-order valence-corrected chi connectivity index (χ0v) is 8.11. The molecule has 1 atom stereocenters. The van der Waals surface area contributed by atoms with E-state index in [0.717, 1.165) is 6.42 Å². The van der Waals surface area contributed by atoms with Crippen LogP contribution in [0.15, 0.2) is 22.6 Å². The molecule has 64 valence electrons. The molecule has 12 heavy (non-hydrogen) atoms. The highest BCUT2D eigenvalue weighted by atomic mass is 32.1. The molecule has 0 radical (unpaired) electrons. The predicted molar refractivity (Wildman–Crippen MR) is 52.5 cm³/mol. The van der Waals surface area contributed by atoms with Gasteiger partial charge in [0.1, 0.15) is 0 Å². The Hall–Kier alpha value is -0.830. The standard InChI is InChI=1S/C9H12N2S/c1-7-6-9(2,11-10-7)8-4-3-5-12-8/h3-5,11H,6H2,1-2H3. The molecule has 0 saturated heterocycles. The van der Waals surface area contributed by atoms with Crippen molar-refractivity contribution in [2.45, 2.75) is 25.8 Å². The SMILES string of the molecule is CC1=NNC(C)(c2cccs2)C1. The summed E-state index contributed by atoms with van der Waals surface area (Å²) in [5, 5.41) is 6.33. The Bertz CT molecular complexity index is 302.